The predicted molar refractivity (Wildman–Crippen MR) is 106 cm³/mol. The van der Waals surface area contributed by atoms with Gasteiger partial charge in [-0.2, -0.15) is 5.10 Å². The molecule has 0 N–H and O–H groups in total. The molecule has 1 amide bonds. The Morgan fingerprint density at radius 3 is 2.61 bits per heavy atom. The van der Waals surface area contributed by atoms with E-state index >= 15 is 0 Å². The standard InChI is InChI=1S/C21H34N4O3/c1-23-15-17(14-22-23)20(26)24-10-6-18(7-11-24)25-16-19(28-13-12-27-2)21(25)8-4-3-5-9-21/h14-15,18-19H,3-13,16H2,1-2H3. The molecule has 1 spiro atoms. The topological polar surface area (TPSA) is 59.8 Å². The molecule has 7 heteroatoms. The van der Waals surface area contributed by atoms with Gasteiger partial charge in [-0.05, 0) is 25.7 Å². The molecule has 156 valence electrons. The largest absolute Gasteiger partial charge is 0.382 e. The molecular weight excluding hydrogens is 356 g/mol. The summed E-state index contributed by atoms with van der Waals surface area (Å²) >= 11 is 0. The third-order valence-electron chi connectivity index (χ3n) is 7.00. The molecule has 7 nitrogen and oxygen atoms in total. The van der Waals surface area contributed by atoms with Gasteiger partial charge in [-0.15, -0.1) is 0 Å². The van der Waals surface area contributed by atoms with Gasteiger partial charge in [0.1, 0.15) is 0 Å². The second kappa shape index (κ2) is 8.51. The number of amides is 1. The molecule has 0 bridgehead atoms. The summed E-state index contributed by atoms with van der Waals surface area (Å²) in [5, 5.41) is 4.13. The van der Waals surface area contributed by atoms with Gasteiger partial charge in [-0.25, -0.2) is 0 Å². The van der Waals surface area contributed by atoms with E-state index in [-0.39, 0.29) is 11.4 Å². The molecular formula is C21H34N4O3. The second-order valence-corrected chi connectivity index (χ2v) is 8.59. The van der Waals surface area contributed by atoms with Gasteiger partial charge in [-0.3, -0.25) is 14.4 Å². The predicted octanol–water partition coefficient (Wildman–Crippen LogP) is 2.07. The van der Waals surface area contributed by atoms with Crippen LogP contribution in [0.5, 0.6) is 0 Å². The first-order chi connectivity index (χ1) is 13.6. The van der Waals surface area contributed by atoms with E-state index in [0.29, 0.717) is 30.9 Å². The van der Waals surface area contributed by atoms with Crippen molar-refractivity contribution in [2.45, 2.75) is 62.6 Å². The van der Waals surface area contributed by atoms with Gasteiger partial charge < -0.3 is 14.4 Å². The Labute approximate surface area is 167 Å². The van der Waals surface area contributed by atoms with Crippen molar-refractivity contribution in [2.75, 3.05) is 40.0 Å². The minimum absolute atomic E-state index is 0.114. The third-order valence-corrected chi connectivity index (χ3v) is 7.00. The average molecular weight is 391 g/mol. The van der Waals surface area contributed by atoms with Gasteiger partial charge in [0.25, 0.3) is 5.91 Å². The minimum Gasteiger partial charge on any atom is -0.382 e. The Kier molecular flexibility index (Phi) is 6.04. The summed E-state index contributed by atoms with van der Waals surface area (Å²) in [5.41, 5.74) is 0.923. The maximum atomic E-state index is 12.7. The molecule has 1 aliphatic carbocycles. The van der Waals surface area contributed by atoms with Crippen molar-refractivity contribution in [3.05, 3.63) is 18.0 Å². The van der Waals surface area contributed by atoms with Gasteiger partial charge in [-0.1, -0.05) is 19.3 Å². The van der Waals surface area contributed by atoms with Gasteiger partial charge in [0.05, 0.1) is 31.1 Å². The first kappa shape index (κ1) is 19.9. The number of likely N-dealkylation sites (tertiary alicyclic amines) is 2. The van der Waals surface area contributed by atoms with Crippen LogP contribution in [0.4, 0.5) is 0 Å². The van der Waals surface area contributed by atoms with Crippen molar-refractivity contribution in [1.29, 1.82) is 0 Å². The molecule has 3 aliphatic rings. The van der Waals surface area contributed by atoms with Crippen LogP contribution in [0.1, 0.15) is 55.3 Å². The van der Waals surface area contributed by atoms with Crippen LogP contribution in [0, 0.1) is 0 Å². The summed E-state index contributed by atoms with van der Waals surface area (Å²) < 4.78 is 13.1. The van der Waals surface area contributed by atoms with Crippen LogP contribution >= 0.6 is 0 Å². The quantitative estimate of drug-likeness (QED) is 0.696. The average Bonchev–Trinajstić information content (AvgIpc) is 3.17. The zero-order chi connectivity index (χ0) is 19.6. The van der Waals surface area contributed by atoms with Crippen molar-refractivity contribution in [3.63, 3.8) is 0 Å². The van der Waals surface area contributed by atoms with E-state index in [4.69, 9.17) is 9.47 Å². The van der Waals surface area contributed by atoms with Crippen molar-refractivity contribution < 1.29 is 14.3 Å². The van der Waals surface area contributed by atoms with Crippen molar-refractivity contribution in [2.24, 2.45) is 7.05 Å². The molecule has 2 aliphatic heterocycles. The summed E-state index contributed by atoms with van der Waals surface area (Å²) in [4.78, 5) is 17.4. The fourth-order valence-corrected chi connectivity index (χ4v) is 5.47. The molecule has 3 heterocycles. The Bertz CT molecular complexity index is 662. The molecule has 0 radical (unpaired) electrons. The number of rotatable bonds is 6. The highest BCUT2D eigenvalue weighted by Gasteiger charge is 2.56. The number of hydrogen-bond acceptors (Lipinski definition) is 5. The Morgan fingerprint density at radius 1 is 1.21 bits per heavy atom. The van der Waals surface area contributed by atoms with Crippen LogP contribution in [-0.2, 0) is 16.5 Å². The van der Waals surface area contributed by atoms with E-state index in [9.17, 15) is 4.79 Å². The van der Waals surface area contributed by atoms with Crippen molar-refractivity contribution in [1.82, 2.24) is 19.6 Å². The van der Waals surface area contributed by atoms with E-state index in [2.05, 4.69) is 10.00 Å². The molecule has 1 aromatic rings. The Balaban J connectivity index is 1.35. The van der Waals surface area contributed by atoms with Gasteiger partial charge >= 0.3 is 0 Å². The van der Waals surface area contributed by atoms with Crippen molar-refractivity contribution >= 4 is 5.91 Å². The molecule has 1 unspecified atom stereocenters. The van der Waals surface area contributed by atoms with Crippen molar-refractivity contribution in [3.8, 4) is 0 Å². The van der Waals surface area contributed by atoms with Gasteiger partial charge in [0.2, 0.25) is 0 Å². The molecule has 28 heavy (non-hydrogen) atoms. The van der Waals surface area contributed by atoms with Crippen LogP contribution in [0.2, 0.25) is 0 Å². The zero-order valence-electron chi connectivity index (χ0n) is 17.3. The van der Waals surface area contributed by atoms with Crippen LogP contribution in [0.15, 0.2) is 12.4 Å². The Morgan fingerprint density at radius 2 is 1.96 bits per heavy atom. The monoisotopic (exact) mass is 390 g/mol. The van der Waals surface area contributed by atoms with E-state index in [1.165, 1.54) is 32.1 Å². The smallest absolute Gasteiger partial charge is 0.257 e. The number of nitrogens with zero attached hydrogens (tertiary/aromatic N) is 4. The minimum atomic E-state index is 0.114. The zero-order valence-corrected chi connectivity index (χ0v) is 17.3. The first-order valence-corrected chi connectivity index (χ1v) is 10.8. The second-order valence-electron chi connectivity index (χ2n) is 8.59. The highest BCUT2D eigenvalue weighted by atomic mass is 16.5. The van der Waals surface area contributed by atoms with E-state index in [0.717, 1.165) is 32.5 Å². The lowest BCUT2D eigenvalue weighted by Crippen LogP contribution is -2.75. The number of aryl methyl sites for hydroxylation is 1. The molecule has 4 rings (SSSR count). The SMILES string of the molecule is COCCOC1CN(C2CCN(C(=O)c3cnn(C)c3)CC2)C12CCCCC2. The maximum absolute atomic E-state index is 12.7. The fourth-order valence-electron chi connectivity index (χ4n) is 5.47. The summed E-state index contributed by atoms with van der Waals surface area (Å²) in [5.74, 6) is 0.114. The van der Waals surface area contributed by atoms with Crippen LogP contribution < -0.4 is 0 Å². The van der Waals surface area contributed by atoms with E-state index in [1.54, 1.807) is 18.0 Å². The van der Waals surface area contributed by atoms with Gasteiger partial charge in [0, 0.05) is 51.6 Å². The number of aromatic nitrogens is 2. The highest BCUT2D eigenvalue weighted by Crippen LogP contribution is 2.47. The normalized spacial score (nSPS) is 25.8. The molecule has 1 aromatic heterocycles. The lowest BCUT2D eigenvalue weighted by Gasteiger charge is -2.63. The Hall–Kier alpha value is -1.44. The summed E-state index contributed by atoms with van der Waals surface area (Å²) in [7, 11) is 3.58. The summed E-state index contributed by atoms with van der Waals surface area (Å²) in [6, 6.07) is 0.568. The number of ether oxygens (including phenoxy) is 2. The lowest BCUT2D eigenvalue weighted by atomic mass is 9.69. The first-order valence-electron chi connectivity index (χ1n) is 10.8. The summed E-state index contributed by atoms with van der Waals surface area (Å²) in [6.45, 7) is 4.06. The van der Waals surface area contributed by atoms with E-state index < -0.39 is 0 Å². The fraction of sp³-hybridized carbons (Fsp3) is 0.810. The maximum Gasteiger partial charge on any atom is 0.257 e. The molecule has 1 saturated carbocycles. The molecule has 1 atom stereocenters. The third kappa shape index (κ3) is 3.72. The summed E-state index contributed by atoms with van der Waals surface area (Å²) in [6.07, 6.45) is 12.4. The number of hydrogen-bond donors (Lipinski definition) is 0. The number of carbonyl (C=O) groups excluding carboxylic acids is 1. The molecule has 0 aromatic carbocycles. The van der Waals surface area contributed by atoms with E-state index in [1.807, 2.05) is 18.1 Å². The highest BCUT2D eigenvalue weighted by molar-refractivity contribution is 5.93. The van der Waals surface area contributed by atoms with Crippen LogP contribution in [0.3, 0.4) is 0 Å². The number of piperidine rings is 1. The number of carbonyl (C=O) groups is 1. The molecule has 3 fully saturated rings. The van der Waals surface area contributed by atoms with Crippen LogP contribution in [-0.4, -0.2) is 83.1 Å². The van der Waals surface area contributed by atoms with Gasteiger partial charge in [0.15, 0.2) is 0 Å². The lowest BCUT2D eigenvalue weighted by molar-refractivity contribution is -0.203. The van der Waals surface area contributed by atoms with Crippen LogP contribution in [0.25, 0.3) is 0 Å². The molecule has 2 saturated heterocycles. The number of methoxy groups -OCH3 is 1.